The Kier molecular flexibility index (Phi) is 7.21. The number of pyridine rings is 1. The second kappa shape index (κ2) is 9.93. The number of sulfonamides is 1. The lowest BCUT2D eigenvalue weighted by molar-refractivity contribution is -0.137. The van der Waals surface area contributed by atoms with E-state index >= 15 is 0 Å². The molecule has 1 unspecified atom stereocenters. The number of nitrogens with one attached hydrogen (secondary N) is 1. The molecule has 0 saturated carbocycles. The normalized spacial score (nSPS) is 16.1. The highest BCUT2D eigenvalue weighted by Crippen LogP contribution is 2.42. The van der Waals surface area contributed by atoms with Crippen LogP contribution >= 0.6 is 0 Å². The fourth-order valence-corrected chi connectivity index (χ4v) is 5.76. The zero-order valence-electron chi connectivity index (χ0n) is 19.4. The summed E-state index contributed by atoms with van der Waals surface area (Å²) in [6, 6.07) is 11.0. The molecule has 1 atom stereocenters. The Labute approximate surface area is 211 Å². The van der Waals surface area contributed by atoms with Crippen LogP contribution in [0, 0.1) is 5.95 Å². The molecule has 198 valence electrons. The maximum atomic E-state index is 13.4. The molecule has 1 aromatic heterocycles. The van der Waals surface area contributed by atoms with Gasteiger partial charge in [0, 0.05) is 23.8 Å². The fraction of sp³-hybridized carbons (Fsp3) is 0.292. The van der Waals surface area contributed by atoms with Gasteiger partial charge in [0.15, 0.2) is 0 Å². The van der Waals surface area contributed by atoms with Crippen LogP contribution in [0.15, 0.2) is 59.5 Å². The highest BCUT2D eigenvalue weighted by molar-refractivity contribution is 7.92. The first-order chi connectivity index (χ1) is 17.2. The summed E-state index contributed by atoms with van der Waals surface area (Å²) in [5.74, 6) is -1.62. The lowest BCUT2D eigenvalue weighted by Gasteiger charge is -2.29. The summed E-state index contributed by atoms with van der Waals surface area (Å²) in [4.78, 5) is 3.30. The van der Waals surface area contributed by atoms with E-state index in [-0.39, 0.29) is 40.8 Å². The van der Waals surface area contributed by atoms with Gasteiger partial charge >= 0.3 is 6.18 Å². The van der Waals surface area contributed by atoms with Crippen LogP contribution in [0.2, 0.25) is 0 Å². The number of anilines is 1. The van der Waals surface area contributed by atoms with Gasteiger partial charge in [-0.1, -0.05) is 18.2 Å². The van der Waals surface area contributed by atoms with E-state index < -0.39 is 43.5 Å². The minimum atomic E-state index is -4.60. The summed E-state index contributed by atoms with van der Waals surface area (Å²) in [5.41, 5.74) is 0.424. The molecule has 7 nitrogen and oxygen atoms in total. The predicted molar refractivity (Wildman–Crippen MR) is 128 cm³/mol. The topological polar surface area (TPSA) is 102 Å². The van der Waals surface area contributed by atoms with E-state index in [0.717, 1.165) is 24.5 Å². The van der Waals surface area contributed by atoms with Crippen LogP contribution in [0.5, 0.6) is 5.75 Å². The Morgan fingerprint density at radius 3 is 2.43 bits per heavy atom. The maximum Gasteiger partial charge on any atom is 0.416 e. The average Bonchev–Trinajstić information content (AvgIpc) is 2.80. The van der Waals surface area contributed by atoms with E-state index in [1.807, 2.05) is 0 Å². The Morgan fingerprint density at radius 2 is 1.76 bits per heavy atom. The van der Waals surface area contributed by atoms with Gasteiger partial charge in [-0.2, -0.15) is 17.6 Å². The Morgan fingerprint density at radius 1 is 1.03 bits per heavy atom. The number of benzene rings is 2. The van der Waals surface area contributed by atoms with Crippen LogP contribution in [-0.4, -0.2) is 40.4 Å². The third-order valence-electron chi connectivity index (χ3n) is 5.88. The molecule has 0 radical (unpaired) electrons. The number of hydrogen-bond donors (Lipinski definition) is 1. The van der Waals surface area contributed by atoms with Crippen LogP contribution in [-0.2, 0) is 32.5 Å². The molecule has 37 heavy (non-hydrogen) atoms. The van der Waals surface area contributed by atoms with Crippen LogP contribution < -0.4 is 9.46 Å². The smallest absolute Gasteiger partial charge is 0.416 e. The third-order valence-corrected chi connectivity index (χ3v) is 8.17. The predicted octanol–water partition coefficient (Wildman–Crippen LogP) is 4.54. The highest BCUT2D eigenvalue weighted by atomic mass is 32.2. The van der Waals surface area contributed by atoms with Crippen molar-refractivity contribution in [1.29, 1.82) is 0 Å². The van der Waals surface area contributed by atoms with E-state index in [4.69, 9.17) is 4.74 Å². The Bertz CT molecular complexity index is 1540. The summed E-state index contributed by atoms with van der Waals surface area (Å²) in [5, 5.41) is 0. The summed E-state index contributed by atoms with van der Waals surface area (Å²) in [7, 11) is -7.59. The number of fused-ring (bicyclic) bond motifs is 1. The second-order valence-electron chi connectivity index (χ2n) is 8.63. The third kappa shape index (κ3) is 6.39. The molecular weight excluding hydrogens is 536 g/mol. The van der Waals surface area contributed by atoms with Gasteiger partial charge in [0.25, 0.3) is 10.0 Å². The first-order valence-electron chi connectivity index (χ1n) is 11.0. The van der Waals surface area contributed by atoms with Gasteiger partial charge in [-0.15, -0.1) is 0 Å². The minimum Gasteiger partial charge on any atom is -0.493 e. The standard InChI is InChI=1S/C24H22F4N2O5S2/c1-36(31,32)12-10-15-13-16(24(26,27)28)5-7-18(15)19-9-11-35-21-14-17(6-8-20(19)21)37(33,34)30-23-4-2-3-22(25)29-23/h2-8,13-14,19H,9-12H2,1H3,(H,29,30). The van der Waals surface area contributed by atoms with Crippen molar-refractivity contribution in [3.63, 3.8) is 0 Å². The van der Waals surface area contributed by atoms with Crippen molar-refractivity contribution >= 4 is 25.7 Å². The number of ether oxygens (including phenoxy) is 1. The molecular formula is C24H22F4N2O5S2. The molecule has 0 amide bonds. The van der Waals surface area contributed by atoms with Crippen molar-refractivity contribution in [3.05, 3.63) is 82.8 Å². The summed E-state index contributed by atoms with van der Waals surface area (Å²) in [6.45, 7) is 0.159. The number of hydrogen-bond acceptors (Lipinski definition) is 6. The molecule has 4 rings (SSSR count). The van der Waals surface area contributed by atoms with Crippen molar-refractivity contribution in [3.8, 4) is 5.75 Å². The zero-order chi connectivity index (χ0) is 27.0. The highest BCUT2D eigenvalue weighted by Gasteiger charge is 2.33. The van der Waals surface area contributed by atoms with Crippen LogP contribution in [0.3, 0.4) is 0 Å². The van der Waals surface area contributed by atoms with Crippen molar-refractivity contribution < 1.29 is 39.1 Å². The number of sulfone groups is 1. The SMILES string of the molecule is CS(=O)(=O)CCc1cc(C(F)(F)F)ccc1C1CCOc2cc(S(=O)(=O)Nc3cccc(F)n3)ccc21. The van der Waals surface area contributed by atoms with Gasteiger partial charge in [-0.3, -0.25) is 4.72 Å². The van der Waals surface area contributed by atoms with E-state index in [0.29, 0.717) is 17.5 Å². The summed E-state index contributed by atoms with van der Waals surface area (Å²) < 4.78 is 110. The Balaban J connectivity index is 1.70. The first-order valence-corrected chi connectivity index (χ1v) is 14.6. The number of halogens is 4. The zero-order valence-corrected chi connectivity index (χ0v) is 21.1. The summed E-state index contributed by atoms with van der Waals surface area (Å²) >= 11 is 0. The van der Waals surface area contributed by atoms with E-state index in [1.165, 1.54) is 36.4 Å². The van der Waals surface area contributed by atoms with E-state index in [1.54, 1.807) is 0 Å². The molecule has 3 aromatic rings. The molecule has 13 heteroatoms. The first kappa shape index (κ1) is 26.9. The number of nitrogens with zero attached hydrogens (tertiary/aromatic N) is 1. The monoisotopic (exact) mass is 558 g/mol. The summed E-state index contributed by atoms with van der Waals surface area (Å²) in [6.07, 6.45) is -3.30. The molecule has 0 aliphatic carbocycles. The van der Waals surface area contributed by atoms with Crippen molar-refractivity contribution in [2.75, 3.05) is 23.3 Å². The van der Waals surface area contributed by atoms with Gasteiger partial charge < -0.3 is 4.74 Å². The largest absolute Gasteiger partial charge is 0.493 e. The average molecular weight is 559 g/mol. The lowest BCUT2D eigenvalue weighted by Crippen LogP contribution is -2.20. The second-order valence-corrected chi connectivity index (χ2v) is 12.6. The molecule has 0 bridgehead atoms. The number of alkyl halides is 3. The number of aryl methyl sites for hydroxylation is 1. The molecule has 2 aromatic carbocycles. The molecule has 0 spiro atoms. The molecule has 0 fully saturated rings. The number of aromatic nitrogens is 1. The van der Waals surface area contributed by atoms with Crippen molar-refractivity contribution in [1.82, 2.24) is 4.98 Å². The van der Waals surface area contributed by atoms with Crippen LogP contribution in [0.4, 0.5) is 23.4 Å². The molecule has 1 aliphatic rings. The fourth-order valence-electron chi connectivity index (χ4n) is 4.16. The lowest BCUT2D eigenvalue weighted by atomic mass is 9.83. The van der Waals surface area contributed by atoms with Gasteiger partial charge in [-0.05, 0) is 54.3 Å². The quantitative estimate of drug-likeness (QED) is 0.338. The van der Waals surface area contributed by atoms with Crippen LogP contribution in [0.25, 0.3) is 0 Å². The van der Waals surface area contributed by atoms with Crippen molar-refractivity contribution in [2.24, 2.45) is 0 Å². The van der Waals surface area contributed by atoms with E-state index in [2.05, 4.69) is 9.71 Å². The number of rotatable bonds is 7. The van der Waals surface area contributed by atoms with Crippen molar-refractivity contribution in [2.45, 2.75) is 29.8 Å². The van der Waals surface area contributed by atoms with E-state index in [9.17, 15) is 34.4 Å². The molecule has 1 N–H and O–H groups in total. The Hall–Kier alpha value is -3.19. The van der Waals surface area contributed by atoms with Gasteiger partial charge in [0.05, 0.1) is 22.8 Å². The van der Waals surface area contributed by atoms with Gasteiger partial charge in [0.1, 0.15) is 21.4 Å². The van der Waals surface area contributed by atoms with Gasteiger partial charge in [0.2, 0.25) is 5.95 Å². The minimum absolute atomic E-state index is 0.109. The molecule has 1 aliphatic heterocycles. The molecule has 0 saturated heterocycles. The maximum absolute atomic E-state index is 13.4. The van der Waals surface area contributed by atoms with Crippen LogP contribution in [0.1, 0.15) is 34.6 Å². The molecule has 2 heterocycles. The van der Waals surface area contributed by atoms with Gasteiger partial charge in [-0.25, -0.2) is 21.8 Å².